The van der Waals surface area contributed by atoms with Gasteiger partial charge in [0.2, 0.25) is 0 Å². The minimum Gasteiger partial charge on any atom is -0.455 e. The van der Waals surface area contributed by atoms with Crippen LogP contribution in [0.1, 0.15) is 22.9 Å². The molecule has 0 spiro atoms. The SMILES string of the molecule is c1ccc(C2=NC(c3ccccc3)NC(c3cc(-c4ccc(N(c5ccccc5)c5ccc(-c6ccccc6)cc5)cc4)c4oc5ccc6ccccc6c5c4c3)=N2)cc1. The van der Waals surface area contributed by atoms with Gasteiger partial charge in [-0.15, -0.1) is 0 Å². The van der Waals surface area contributed by atoms with E-state index in [1.54, 1.807) is 0 Å². The summed E-state index contributed by atoms with van der Waals surface area (Å²) in [6.45, 7) is 0. The second-order valence-corrected chi connectivity index (χ2v) is 15.0. The van der Waals surface area contributed by atoms with Gasteiger partial charge < -0.3 is 14.6 Å². The van der Waals surface area contributed by atoms with Gasteiger partial charge in [0.05, 0.1) is 0 Å². The van der Waals surface area contributed by atoms with Crippen LogP contribution in [0.25, 0.3) is 55.0 Å². The first-order valence-corrected chi connectivity index (χ1v) is 20.3. The topological polar surface area (TPSA) is 53.1 Å². The Hall–Kier alpha value is -8.02. The quantitative estimate of drug-likeness (QED) is 0.167. The molecule has 11 rings (SSSR count). The second kappa shape index (κ2) is 15.1. The number of hydrogen-bond donors (Lipinski definition) is 1. The molecule has 0 amide bonds. The number of anilines is 3. The number of rotatable bonds is 8. The summed E-state index contributed by atoms with van der Waals surface area (Å²) in [4.78, 5) is 12.6. The number of hydrogen-bond acceptors (Lipinski definition) is 5. The fourth-order valence-corrected chi connectivity index (χ4v) is 8.37. The van der Waals surface area contributed by atoms with Crippen LogP contribution in [0.5, 0.6) is 0 Å². The Morgan fingerprint density at radius 1 is 0.450 bits per heavy atom. The van der Waals surface area contributed by atoms with Gasteiger partial charge >= 0.3 is 0 Å². The molecule has 1 aliphatic heterocycles. The number of nitrogens with zero attached hydrogens (tertiary/aromatic N) is 3. The van der Waals surface area contributed by atoms with Crippen LogP contribution < -0.4 is 10.2 Å². The van der Waals surface area contributed by atoms with Gasteiger partial charge in [0.25, 0.3) is 0 Å². The summed E-state index contributed by atoms with van der Waals surface area (Å²) >= 11 is 0. The maximum absolute atomic E-state index is 6.84. The lowest BCUT2D eigenvalue weighted by Gasteiger charge is -2.26. The third kappa shape index (κ3) is 6.48. The molecule has 9 aromatic carbocycles. The minimum atomic E-state index is -0.319. The van der Waals surface area contributed by atoms with E-state index < -0.39 is 0 Å². The molecule has 1 atom stereocenters. The first-order valence-electron chi connectivity index (χ1n) is 20.3. The molecule has 0 radical (unpaired) electrons. The summed E-state index contributed by atoms with van der Waals surface area (Å²) < 4.78 is 6.84. The molecular formula is C55H38N4O. The van der Waals surface area contributed by atoms with E-state index >= 15 is 0 Å². The molecule has 1 aromatic heterocycles. The molecule has 2 heterocycles. The Bertz CT molecular complexity index is 3190. The summed E-state index contributed by atoms with van der Waals surface area (Å²) in [6, 6.07) is 76.3. The van der Waals surface area contributed by atoms with Gasteiger partial charge in [-0.05, 0) is 87.6 Å². The highest BCUT2D eigenvalue weighted by Gasteiger charge is 2.24. The van der Waals surface area contributed by atoms with Gasteiger partial charge in [0.15, 0.2) is 5.84 Å². The van der Waals surface area contributed by atoms with Crippen molar-refractivity contribution in [2.45, 2.75) is 6.17 Å². The third-order valence-corrected chi connectivity index (χ3v) is 11.3. The van der Waals surface area contributed by atoms with Gasteiger partial charge in [-0.3, -0.25) is 0 Å². The van der Waals surface area contributed by atoms with E-state index in [0.717, 1.165) is 83.4 Å². The van der Waals surface area contributed by atoms with Gasteiger partial charge in [-0.2, -0.15) is 0 Å². The molecule has 10 aromatic rings. The molecule has 0 aliphatic carbocycles. The molecule has 5 nitrogen and oxygen atoms in total. The molecular weight excluding hydrogens is 733 g/mol. The Morgan fingerprint density at radius 3 is 1.72 bits per heavy atom. The van der Waals surface area contributed by atoms with Gasteiger partial charge in [-0.25, -0.2) is 9.98 Å². The smallest absolute Gasteiger partial charge is 0.159 e. The monoisotopic (exact) mass is 770 g/mol. The normalized spacial score (nSPS) is 13.8. The number of para-hydroxylation sites is 1. The molecule has 1 unspecified atom stereocenters. The van der Waals surface area contributed by atoms with Crippen LogP contribution in [0.4, 0.5) is 17.1 Å². The summed E-state index contributed by atoms with van der Waals surface area (Å²) in [5, 5.41) is 8.14. The van der Waals surface area contributed by atoms with E-state index in [4.69, 9.17) is 14.4 Å². The first kappa shape index (κ1) is 35.2. The molecule has 60 heavy (non-hydrogen) atoms. The van der Waals surface area contributed by atoms with Crippen LogP contribution in [0, 0.1) is 0 Å². The Morgan fingerprint density at radius 2 is 1.02 bits per heavy atom. The zero-order chi connectivity index (χ0) is 39.8. The number of aliphatic imine (C=N–C) groups is 2. The summed E-state index contributed by atoms with van der Waals surface area (Å²) in [7, 11) is 0. The number of benzene rings is 9. The van der Waals surface area contributed by atoms with Crippen molar-refractivity contribution in [3.8, 4) is 22.3 Å². The van der Waals surface area contributed by atoms with E-state index in [2.05, 4.69) is 204 Å². The largest absolute Gasteiger partial charge is 0.455 e. The molecule has 0 bridgehead atoms. The van der Waals surface area contributed by atoms with Gasteiger partial charge in [-0.1, -0.05) is 164 Å². The van der Waals surface area contributed by atoms with Crippen molar-refractivity contribution in [1.82, 2.24) is 5.32 Å². The summed E-state index contributed by atoms with van der Waals surface area (Å²) in [5.74, 6) is 1.44. The molecule has 5 heteroatoms. The predicted molar refractivity (Wildman–Crippen MR) is 249 cm³/mol. The zero-order valence-electron chi connectivity index (χ0n) is 32.6. The zero-order valence-corrected chi connectivity index (χ0v) is 32.6. The number of nitrogens with one attached hydrogen (secondary N) is 1. The maximum Gasteiger partial charge on any atom is 0.159 e. The molecule has 1 aliphatic rings. The van der Waals surface area contributed by atoms with Crippen LogP contribution in [-0.2, 0) is 0 Å². The van der Waals surface area contributed by atoms with Crippen LogP contribution in [-0.4, -0.2) is 11.7 Å². The average Bonchev–Trinajstić information content (AvgIpc) is 3.72. The number of furan rings is 1. The van der Waals surface area contributed by atoms with E-state index in [0.29, 0.717) is 5.84 Å². The molecule has 284 valence electrons. The van der Waals surface area contributed by atoms with Crippen molar-refractivity contribution in [2.24, 2.45) is 9.98 Å². The Labute approximate surface area is 348 Å². The first-order chi connectivity index (χ1) is 29.7. The van der Waals surface area contributed by atoms with Crippen molar-refractivity contribution in [3.05, 3.63) is 235 Å². The average molecular weight is 771 g/mol. The third-order valence-electron chi connectivity index (χ3n) is 11.3. The Kier molecular flexibility index (Phi) is 8.82. The number of fused-ring (bicyclic) bond motifs is 5. The van der Waals surface area contributed by atoms with Crippen LogP contribution >= 0.6 is 0 Å². The fraction of sp³-hybridized carbons (Fsp3) is 0.0182. The van der Waals surface area contributed by atoms with Gasteiger partial charge in [0.1, 0.15) is 23.2 Å². The highest BCUT2D eigenvalue weighted by Crippen LogP contribution is 2.42. The lowest BCUT2D eigenvalue weighted by molar-refractivity contribution is 0.669. The summed E-state index contributed by atoms with van der Waals surface area (Å²) in [5.41, 5.74) is 12.3. The lowest BCUT2D eigenvalue weighted by Crippen LogP contribution is -2.33. The molecule has 0 saturated carbocycles. The molecule has 1 N–H and O–H groups in total. The van der Waals surface area contributed by atoms with Crippen LogP contribution in [0.3, 0.4) is 0 Å². The van der Waals surface area contributed by atoms with Crippen molar-refractivity contribution in [1.29, 1.82) is 0 Å². The highest BCUT2D eigenvalue weighted by atomic mass is 16.3. The van der Waals surface area contributed by atoms with Crippen LogP contribution in [0.2, 0.25) is 0 Å². The van der Waals surface area contributed by atoms with E-state index in [1.165, 1.54) is 11.1 Å². The van der Waals surface area contributed by atoms with E-state index in [1.807, 2.05) is 24.3 Å². The van der Waals surface area contributed by atoms with Crippen LogP contribution in [0.15, 0.2) is 233 Å². The van der Waals surface area contributed by atoms with E-state index in [-0.39, 0.29) is 6.17 Å². The Balaban J connectivity index is 1.06. The van der Waals surface area contributed by atoms with Crippen molar-refractivity contribution in [2.75, 3.05) is 4.90 Å². The van der Waals surface area contributed by atoms with Crippen molar-refractivity contribution >= 4 is 61.4 Å². The van der Waals surface area contributed by atoms with Crippen molar-refractivity contribution < 1.29 is 4.42 Å². The standard InChI is InChI=1S/C55H38N4O/c1-5-15-37(16-6-1)38-25-30-45(31-26-38)59(44-22-11-4-12-23-44)46-32-27-40(28-33-46)48-35-43(36-49-51-47-24-14-13-17-39(47)29-34-50(51)60-52(48)49)55-57-53(41-18-7-2-8-19-41)56-54(58-55)42-20-9-3-10-21-42/h1-36,53H,(H,56,57,58). The molecule has 0 saturated heterocycles. The number of amidine groups is 2. The fourth-order valence-electron chi connectivity index (χ4n) is 8.37. The summed E-state index contributed by atoms with van der Waals surface area (Å²) in [6.07, 6.45) is -0.319. The second-order valence-electron chi connectivity index (χ2n) is 15.0. The molecule has 0 fully saturated rings. The minimum absolute atomic E-state index is 0.319. The van der Waals surface area contributed by atoms with Crippen molar-refractivity contribution in [3.63, 3.8) is 0 Å². The lowest BCUT2D eigenvalue weighted by atomic mass is 9.96. The van der Waals surface area contributed by atoms with E-state index in [9.17, 15) is 0 Å². The predicted octanol–water partition coefficient (Wildman–Crippen LogP) is 14.0. The van der Waals surface area contributed by atoms with Gasteiger partial charge in [0, 0.05) is 44.5 Å². The maximum atomic E-state index is 6.84. The highest BCUT2D eigenvalue weighted by molar-refractivity contribution is 6.23.